The largest absolute Gasteiger partial charge is 0.340 e. The first kappa shape index (κ1) is 22.6. The Bertz CT molecular complexity index is 849. The molecule has 0 radical (unpaired) electrons. The first-order chi connectivity index (χ1) is 15.2. The summed E-state index contributed by atoms with van der Waals surface area (Å²) in [5.41, 5.74) is 1.52. The first-order valence-corrected chi connectivity index (χ1v) is 10.9. The second-order valence-corrected chi connectivity index (χ2v) is 7.63. The van der Waals surface area contributed by atoms with Crippen LogP contribution in [0, 0.1) is 0 Å². The number of rotatable bonds is 9. The minimum Gasteiger partial charge on any atom is -0.340 e. The lowest BCUT2D eigenvalue weighted by molar-refractivity contribution is -0.133. The van der Waals surface area contributed by atoms with Gasteiger partial charge in [-0.25, -0.2) is 4.98 Å². The SMILES string of the molecule is CCCN(CCC(=O)N1CCN(CC=Cc2ccccc2)CC1)C(=O)c1cnccn1. The summed E-state index contributed by atoms with van der Waals surface area (Å²) in [6.45, 7) is 7.09. The third kappa shape index (κ3) is 7.00. The zero-order chi connectivity index (χ0) is 21.9. The Labute approximate surface area is 184 Å². The molecule has 0 N–H and O–H groups in total. The van der Waals surface area contributed by atoms with E-state index in [9.17, 15) is 9.59 Å². The number of hydrogen-bond acceptors (Lipinski definition) is 5. The highest BCUT2D eigenvalue weighted by atomic mass is 16.2. The van der Waals surface area contributed by atoms with Crippen molar-refractivity contribution in [3.8, 4) is 0 Å². The van der Waals surface area contributed by atoms with E-state index in [1.165, 1.54) is 18.0 Å². The number of aromatic nitrogens is 2. The predicted octanol–water partition coefficient (Wildman–Crippen LogP) is 2.58. The van der Waals surface area contributed by atoms with Crippen molar-refractivity contribution in [1.29, 1.82) is 0 Å². The van der Waals surface area contributed by atoms with Gasteiger partial charge in [-0.2, -0.15) is 0 Å². The molecule has 1 aliphatic rings. The molecule has 7 nitrogen and oxygen atoms in total. The third-order valence-corrected chi connectivity index (χ3v) is 5.36. The summed E-state index contributed by atoms with van der Waals surface area (Å²) >= 11 is 0. The number of carbonyl (C=O) groups is 2. The van der Waals surface area contributed by atoms with Gasteiger partial charge >= 0.3 is 0 Å². The maximum Gasteiger partial charge on any atom is 0.274 e. The van der Waals surface area contributed by atoms with Crippen LogP contribution in [0.5, 0.6) is 0 Å². The van der Waals surface area contributed by atoms with E-state index in [0.717, 1.165) is 39.1 Å². The lowest BCUT2D eigenvalue weighted by Crippen LogP contribution is -2.49. The summed E-state index contributed by atoms with van der Waals surface area (Å²) in [5, 5.41) is 0. The molecule has 2 heterocycles. The van der Waals surface area contributed by atoms with Crippen LogP contribution in [0.3, 0.4) is 0 Å². The summed E-state index contributed by atoms with van der Waals surface area (Å²) in [4.78, 5) is 39.4. The Balaban J connectivity index is 1.42. The van der Waals surface area contributed by atoms with Crippen molar-refractivity contribution in [2.24, 2.45) is 0 Å². The molecule has 7 heteroatoms. The molecule has 1 saturated heterocycles. The van der Waals surface area contributed by atoms with E-state index in [-0.39, 0.29) is 11.8 Å². The highest BCUT2D eigenvalue weighted by molar-refractivity contribution is 5.92. The van der Waals surface area contributed by atoms with Crippen LogP contribution in [0.2, 0.25) is 0 Å². The second kappa shape index (κ2) is 12.0. The van der Waals surface area contributed by atoms with E-state index in [1.54, 1.807) is 11.1 Å². The molecule has 0 aliphatic carbocycles. The van der Waals surface area contributed by atoms with Crippen molar-refractivity contribution in [2.45, 2.75) is 19.8 Å². The molecule has 2 amide bonds. The Kier molecular flexibility index (Phi) is 8.72. The topological polar surface area (TPSA) is 69.6 Å². The van der Waals surface area contributed by atoms with Gasteiger partial charge in [0.05, 0.1) is 6.20 Å². The molecular weight excluding hydrogens is 390 g/mol. The van der Waals surface area contributed by atoms with Gasteiger partial charge in [0.2, 0.25) is 5.91 Å². The van der Waals surface area contributed by atoms with E-state index < -0.39 is 0 Å². The van der Waals surface area contributed by atoms with Crippen LogP contribution < -0.4 is 0 Å². The fraction of sp³-hybridized carbons (Fsp3) is 0.417. The molecule has 0 bridgehead atoms. The number of carbonyl (C=O) groups excluding carboxylic acids is 2. The molecule has 1 fully saturated rings. The van der Waals surface area contributed by atoms with Gasteiger partial charge < -0.3 is 9.80 Å². The fourth-order valence-corrected chi connectivity index (χ4v) is 3.63. The number of hydrogen-bond donors (Lipinski definition) is 0. The van der Waals surface area contributed by atoms with Gasteiger partial charge in [-0.3, -0.25) is 19.5 Å². The van der Waals surface area contributed by atoms with Crippen LogP contribution in [-0.4, -0.2) is 82.3 Å². The fourth-order valence-electron chi connectivity index (χ4n) is 3.63. The van der Waals surface area contributed by atoms with Crippen LogP contribution in [-0.2, 0) is 4.79 Å². The quantitative estimate of drug-likeness (QED) is 0.622. The Morgan fingerprint density at radius 3 is 2.52 bits per heavy atom. The second-order valence-electron chi connectivity index (χ2n) is 7.63. The standard InChI is InChI=1S/C24H31N5O2/c1-2-13-29(24(31)22-20-25-11-12-26-22)15-10-23(30)28-18-16-27(17-19-28)14-6-9-21-7-4-3-5-8-21/h3-9,11-12,20H,2,10,13-19H2,1H3. The van der Waals surface area contributed by atoms with Crippen molar-refractivity contribution in [3.63, 3.8) is 0 Å². The number of amides is 2. The van der Waals surface area contributed by atoms with Gasteiger partial charge in [0.1, 0.15) is 5.69 Å². The first-order valence-electron chi connectivity index (χ1n) is 10.9. The number of nitrogens with zero attached hydrogens (tertiary/aromatic N) is 5. The molecule has 0 atom stereocenters. The molecule has 0 saturated carbocycles. The van der Waals surface area contributed by atoms with Crippen molar-refractivity contribution in [3.05, 3.63) is 66.3 Å². The average Bonchev–Trinajstić information content (AvgIpc) is 2.83. The van der Waals surface area contributed by atoms with E-state index in [0.29, 0.717) is 25.2 Å². The Morgan fingerprint density at radius 1 is 1.06 bits per heavy atom. The summed E-state index contributed by atoms with van der Waals surface area (Å²) in [6, 6.07) is 10.3. The lowest BCUT2D eigenvalue weighted by atomic mass is 10.2. The average molecular weight is 422 g/mol. The normalized spacial score (nSPS) is 14.7. The van der Waals surface area contributed by atoms with E-state index in [1.807, 2.05) is 30.0 Å². The molecular formula is C24H31N5O2. The summed E-state index contributed by atoms with van der Waals surface area (Å²) < 4.78 is 0. The van der Waals surface area contributed by atoms with Crippen LogP contribution >= 0.6 is 0 Å². The van der Waals surface area contributed by atoms with Crippen molar-refractivity contribution in [1.82, 2.24) is 24.7 Å². The van der Waals surface area contributed by atoms with Crippen molar-refractivity contribution < 1.29 is 9.59 Å². The van der Waals surface area contributed by atoms with Crippen LogP contribution in [0.15, 0.2) is 55.0 Å². The molecule has 1 aliphatic heterocycles. The van der Waals surface area contributed by atoms with Crippen LogP contribution in [0.25, 0.3) is 6.08 Å². The third-order valence-electron chi connectivity index (χ3n) is 5.36. The molecule has 2 aromatic rings. The highest BCUT2D eigenvalue weighted by Gasteiger charge is 2.22. The minimum absolute atomic E-state index is 0.104. The monoisotopic (exact) mass is 421 g/mol. The van der Waals surface area contributed by atoms with Gasteiger partial charge in [-0.15, -0.1) is 0 Å². The zero-order valence-corrected chi connectivity index (χ0v) is 18.2. The predicted molar refractivity (Wildman–Crippen MR) is 121 cm³/mol. The van der Waals surface area contributed by atoms with E-state index >= 15 is 0 Å². The number of piperazine rings is 1. The Hall–Kier alpha value is -3.06. The molecule has 0 spiro atoms. The van der Waals surface area contributed by atoms with Gasteiger partial charge in [-0.05, 0) is 12.0 Å². The minimum atomic E-state index is -0.169. The van der Waals surface area contributed by atoms with Crippen LogP contribution in [0.4, 0.5) is 0 Å². The molecule has 31 heavy (non-hydrogen) atoms. The smallest absolute Gasteiger partial charge is 0.274 e. The molecule has 1 aromatic heterocycles. The highest BCUT2D eigenvalue weighted by Crippen LogP contribution is 2.08. The van der Waals surface area contributed by atoms with Crippen molar-refractivity contribution in [2.75, 3.05) is 45.8 Å². The summed E-state index contributed by atoms with van der Waals surface area (Å²) in [5.74, 6) is -0.0645. The maximum atomic E-state index is 12.7. The van der Waals surface area contributed by atoms with Gasteiger partial charge in [-0.1, -0.05) is 49.4 Å². The summed E-state index contributed by atoms with van der Waals surface area (Å²) in [6.07, 6.45) is 9.99. The summed E-state index contributed by atoms with van der Waals surface area (Å²) in [7, 11) is 0. The molecule has 3 rings (SSSR count). The van der Waals surface area contributed by atoms with Crippen LogP contribution in [0.1, 0.15) is 35.8 Å². The Morgan fingerprint density at radius 2 is 1.84 bits per heavy atom. The molecule has 1 aromatic carbocycles. The molecule has 0 unspecified atom stereocenters. The van der Waals surface area contributed by atoms with Gasteiger partial charge in [0.25, 0.3) is 5.91 Å². The van der Waals surface area contributed by atoms with Crippen molar-refractivity contribution >= 4 is 17.9 Å². The maximum absolute atomic E-state index is 12.7. The number of benzene rings is 1. The van der Waals surface area contributed by atoms with Gasteiger partial charge in [0.15, 0.2) is 0 Å². The zero-order valence-electron chi connectivity index (χ0n) is 18.2. The van der Waals surface area contributed by atoms with Gasteiger partial charge in [0, 0.05) is 64.6 Å². The molecule has 164 valence electrons. The van der Waals surface area contributed by atoms with E-state index in [4.69, 9.17) is 0 Å². The van der Waals surface area contributed by atoms with E-state index in [2.05, 4.69) is 39.2 Å². The lowest BCUT2D eigenvalue weighted by Gasteiger charge is -2.34.